The van der Waals surface area contributed by atoms with E-state index >= 15 is 0 Å². The Morgan fingerprint density at radius 1 is 1.32 bits per heavy atom. The zero-order valence-electron chi connectivity index (χ0n) is 12.7. The van der Waals surface area contributed by atoms with Crippen LogP contribution in [0, 0.1) is 11.8 Å². The smallest absolute Gasteiger partial charge is 0.222 e. The molecule has 0 aromatic rings. The molecule has 1 N–H and O–H groups in total. The molecule has 0 aromatic carbocycles. The van der Waals surface area contributed by atoms with Gasteiger partial charge in [-0.25, -0.2) is 0 Å². The number of carbonyl (C=O) groups excluding carboxylic acids is 1. The third-order valence-electron chi connectivity index (χ3n) is 4.42. The van der Waals surface area contributed by atoms with Gasteiger partial charge in [0.15, 0.2) is 0 Å². The van der Waals surface area contributed by atoms with Gasteiger partial charge in [-0.2, -0.15) is 0 Å². The fraction of sp³-hybridized carbons (Fsp3) is 0.938. The summed E-state index contributed by atoms with van der Waals surface area (Å²) in [6.07, 6.45) is 8.03. The Bertz CT molecular complexity index is 280. The first kappa shape index (κ1) is 14.8. The summed E-state index contributed by atoms with van der Waals surface area (Å²) < 4.78 is 0. The molecule has 1 amide bonds. The molecule has 3 heteroatoms. The highest BCUT2D eigenvalue weighted by Gasteiger charge is 2.32. The molecule has 0 spiro atoms. The molecule has 2 aliphatic rings. The lowest BCUT2D eigenvalue weighted by Gasteiger charge is -2.26. The minimum absolute atomic E-state index is 0.411. The molecule has 0 radical (unpaired) electrons. The lowest BCUT2D eigenvalue weighted by molar-refractivity contribution is -0.132. The average molecular weight is 266 g/mol. The molecule has 0 bridgehead atoms. The van der Waals surface area contributed by atoms with Crippen molar-refractivity contribution in [2.75, 3.05) is 19.6 Å². The average Bonchev–Trinajstić information content (AvgIpc) is 3.22. The van der Waals surface area contributed by atoms with Gasteiger partial charge < -0.3 is 10.2 Å². The number of nitrogens with one attached hydrogen (secondary N) is 1. The van der Waals surface area contributed by atoms with Crippen molar-refractivity contribution in [3.05, 3.63) is 0 Å². The maximum absolute atomic E-state index is 12.4. The molecule has 1 heterocycles. The van der Waals surface area contributed by atoms with Crippen LogP contribution < -0.4 is 5.32 Å². The van der Waals surface area contributed by atoms with Crippen molar-refractivity contribution >= 4 is 5.91 Å². The normalized spacial score (nSPS) is 23.6. The van der Waals surface area contributed by atoms with Crippen LogP contribution >= 0.6 is 0 Å². The van der Waals surface area contributed by atoms with Gasteiger partial charge in [0.1, 0.15) is 0 Å². The van der Waals surface area contributed by atoms with Crippen molar-refractivity contribution in [3.63, 3.8) is 0 Å². The zero-order chi connectivity index (χ0) is 13.7. The molecule has 2 rings (SSSR count). The number of hydrogen-bond donors (Lipinski definition) is 1. The quantitative estimate of drug-likeness (QED) is 0.768. The fourth-order valence-electron chi connectivity index (χ4n) is 2.94. The first-order valence-corrected chi connectivity index (χ1v) is 8.17. The van der Waals surface area contributed by atoms with Gasteiger partial charge in [-0.05, 0) is 63.5 Å². The first-order valence-electron chi connectivity index (χ1n) is 8.17. The van der Waals surface area contributed by atoms with Crippen LogP contribution in [0.3, 0.4) is 0 Å². The molecular weight excluding hydrogens is 236 g/mol. The van der Waals surface area contributed by atoms with Crippen molar-refractivity contribution in [3.8, 4) is 0 Å². The molecule has 1 aliphatic carbocycles. The van der Waals surface area contributed by atoms with Gasteiger partial charge in [-0.15, -0.1) is 0 Å². The van der Waals surface area contributed by atoms with E-state index in [2.05, 4.69) is 24.1 Å². The van der Waals surface area contributed by atoms with E-state index in [-0.39, 0.29) is 0 Å². The molecule has 1 atom stereocenters. The molecule has 1 aliphatic heterocycles. The van der Waals surface area contributed by atoms with Gasteiger partial charge in [0.2, 0.25) is 5.91 Å². The summed E-state index contributed by atoms with van der Waals surface area (Å²) in [4.78, 5) is 14.6. The highest BCUT2D eigenvalue weighted by Crippen LogP contribution is 2.29. The summed E-state index contributed by atoms with van der Waals surface area (Å²) in [5.41, 5.74) is 0. The number of piperidine rings is 1. The Kier molecular flexibility index (Phi) is 5.68. The molecule has 2 fully saturated rings. The highest BCUT2D eigenvalue weighted by molar-refractivity contribution is 5.76. The number of hydrogen-bond acceptors (Lipinski definition) is 2. The van der Waals surface area contributed by atoms with Crippen LogP contribution in [0.5, 0.6) is 0 Å². The second-order valence-electron chi connectivity index (χ2n) is 6.75. The lowest BCUT2D eigenvalue weighted by atomic mass is 9.94. The number of nitrogens with zero attached hydrogens (tertiary/aromatic N) is 1. The van der Waals surface area contributed by atoms with Crippen LogP contribution in [-0.4, -0.2) is 36.5 Å². The van der Waals surface area contributed by atoms with E-state index in [1.807, 2.05) is 0 Å². The predicted octanol–water partition coefficient (Wildman–Crippen LogP) is 2.80. The second kappa shape index (κ2) is 7.28. The molecule has 110 valence electrons. The van der Waals surface area contributed by atoms with Crippen LogP contribution in [0.25, 0.3) is 0 Å². The fourth-order valence-corrected chi connectivity index (χ4v) is 2.94. The highest BCUT2D eigenvalue weighted by atomic mass is 16.2. The van der Waals surface area contributed by atoms with Gasteiger partial charge in [-0.1, -0.05) is 13.8 Å². The minimum atomic E-state index is 0.411. The molecule has 19 heavy (non-hydrogen) atoms. The third kappa shape index (κ3) is 5.13. The summed E-state index contributed by atoms with van der Waals surface area (Å²) in [6.45, 7) is 7.73. The van der Waals surface area contributed by atoms with E-state index in [9.17, 15) is 4.79 Å². The molecule has 0 aromatic heterocycles. The molecule has 1 unspecified atom stereocenters. The van der Waals surface area contributed by atoms with Gasteiger partial charge in [0.05, 0.1) is 0 Å². The SMILES string of the molecule is CC(C)CCN(C(=O)CCC1CCCNC1)C1CC1. The van der Waals surface area contributed by atoms with Crippen molar-refractivity contribution in [2.24, 2.45) is 11.8 Å². The van der Waals surface area contributed by atoms with Crippen LogP contribution in [0.2, 0.25) is 0 Å². The minimum Gasteiger partial charge on any atom is -0.340 e. The van der Waals surface area contributed by atoms with Crippen molar-refractivity contribution in [1.82, 2.24) is 10.2 Å². The van der Waals surface area contributed by atoms with E-state index in [1.165, 1.54) is 25.7 Å². The van der Waals surface area contributed by atoms with Gasteiger partial charge in [-0.3, -0.25) is 4.79 Å². The predicted molar refractivity (Wildman–Crippen MR) is 79.0 cm³/mol. The monoisotopic (exact) mass is 266 g/mol. The van der Waals surface area contributed by atoms with Crippen molar-refractivity contribution in [2.45, 2.75) is 64.8 Å². The van der Waals surface area contributed by atoms with Crippen LogP contribution in [0.1, 0.15) is 58.8 Å². The first-order chi connectivity index (χ1) is 9.16. The Labute approximate surface area is 118 Å². The van der Waals surface area contributed by atoms with E-state index in [1.54, 1.807) is 0 Å². The topological polar surface area (TPSA) is 32.3 Å². The summed E-state index contributed by atoms with van der Waals surface area (Å²) >= 11 is 0. The summed E-state index contributed by atoms with van der Waals surface area (Å²) in [6, 6.07) is 0.579. The van der Waals surface area contributed by atoms with Gasteiger partial charge >= 0.3 is 0 Å². The summed E-state index contributed by atoms with van der Waals surface area (Å²) in [5.74, 6) is 1.83. The van der Waals surface area contributed by atoms with Crippen LogP contribution in [0.4, 0.5) is 0 Å². The third-order valence-corrected chi connectivity index (χ3v) is 4.42. The van der Waals surface area contributed by atoms with Crippen LogP contribution in [0.15, 0.2) is 0 Å². The number of carbonyl (C=O) groups is 1. The number of amides is 1. The maximum atomic E-state index is 12.4. The molecular formula is C16H30N2O. The largest absolute Gasteiger partial charge is 0.340 e. The van der Waals surface area contributed by atoms with Gasteiger partial charge in [0, 0.05) is 19.0 Å². The van der Waals surface area contributed by atoms with E-state index in [4.69, 9.17) is 0 Å². The summed E-state index contributed by atoms with van der Waals surface area (Å²) in [5, 5.41) is 3.44. The summed E-state index contributed by atoms with van der Waals surface area (Å²) in [7, 11) is 0. The second-order valence-corrected chi connectivity index (χ2v) is 6.75. The standard InChI is InChI=1S/C16H30N2O/c1-13(2)9-11-18(15-6-7-15)16(19)8-5-14-4-3-10-17-12-14/h13-15,17H,3-12H2,1-2H3. The van der Waals surface area contributed by atoms with E-state index in [0.29, 0.717) is 17.9 Å². The van der Waals surface area contributed by atoms with Crippen molar-refractivity contribution in [1.29, 1.82) is 0 Å². The van der Waals surface area contributed by atoms with Gasteiger partial charge in [0.25, 0.3) is 0 Å². The molecule has 1 saturated heterocycles. The maximum Gasteiger partial charge on any atom is 0.222 e. The lowest BCUT2D eigenvalue weighted by Crippen LogP contribution is -2.36. The Morgan fingerprint density at radius 3 is 2.68 bits per heavy atom. The zero-order valence-corrected chi connectivity index (χ0v) is 12.7. The Balaban J connectivity index is 1.72. The number of rotatable bonds is 7. The molecule has 1 saturated carbocycles. The Hall–Kier alpha value is -0.570. The van der Waals surface area contributed by atoms with Crippen molar-refractivity contribution < 1.29 is 4.79 Å². The van der Waals surface area contributed by atoms with E-state index in [0.717, 1.165) is 44.8 Å². The van der Waals surface area contributed by atoms with Crippen LogP contribution in [-0.2, 0) is 4.79 Å². The molecule has 3 nitrogen and oxygen atoms in total. The Morgan fingerprint density at radius 2 is 2.11 bits per heavy atom. The van der Waals surface area contributed by atoms with E-state index < -0.39 is 0 Å².